The Balaban J connectivity index is 1.36. The van der Waals surface area contributed by atoms with Crippen molar-refractivity contribution in [3.8, 4) is 11.6 Å². The molecule has 12 heteroatoms. The summed E-state index contributed by atoms with van der Waals surface area (Å²) in [6.45, 7) is 0.632. The molecule has 1 aliphatic rings. The molecule has 1 N–H and O–H groups in total. The molecule has 0 radical (unpaired) electrons. The van der Waals surface area contributed by atoms with E-state index in [0.29, 0.717) is 30.0 Å². The summed E-state index contributed by atoms with van der Waals surface area (Å²) in [6.07, 6.45) is -2.32. The van der Waals surface area contributed by atoms with Crippen molar-refractivity contribution in [3.63, 3.8) is 0 Å². The minimum atomic E-state index is -4.52. The highest BCUT2D eigenvalue weighted by molar-refractivity contribution is 5.84. The second-order valence-corrected chi connectivity index (χ2v) is 8.39. The lowest BCUT2D eigenvalue weighted by atomic mass is 10.1. The van der Waals surface area contributed by atoms with E-state index < -0.39 is 23.5 Å². The van der Waals surface area contributed by atoms with Crippen molar-refractivity contribution in [1.82, 2.24) is 24.0 Å². The van der Waals surface area contributed by atoms with Gasteiger partial charge in [-0.15, -0.1) is 0 Å². The Kier molecular flexibility index (Phi) is 5.65. The number of carbonyl (C=O) groups is 1. The van der Waals surface area contributed by atoms with Gasteiger partial charge in [0.2, 0.25) is 0 Å². The number of halogens is 3. The maximum atomic E-state index is 12.8. The van der Waals surface area contributed by atoms with Crippen LogP contribution in [0.5, 0.6) is 5.75 Å². The molecule has 0 unspecified atom stereocenters. The lowest BCUT2D eigenvalue weighted by Gasteiger charge is -2.25. The van der Waals surface area contributed by atoms with Crippen molar-refractivity contribution in [1.29, 1.82) is 0 Å². The number of pyridine rings is 3. The molecule has 4 aromatic heterocycles. The Morgan fingerprint density at radius 3 is 2.67 bits per heavy atom. The third-order valence-electron chi connectivity index (χ3n) is 6.15. The molecule has 5 rings (SSSR count). The minimum Gasteiger partial charge on any atom is -0.489 e. The van der Waals surface area contributed by atoms with Crippen LogP contribution in [0.3, 0.4) is 0 Å². The summed E-state index contributed by atoms with van der Waals surface area (Å²) < 4.78 is 46.8. The van der Waals surface area contributed by atoms with Crippen LogP contribution in [-0.2, 0) is 32.8 Å². The summed E-state index contributed by atoms with van der Waals surface area (Å²) in [5, 5.41) is 10.2. The summed E-state index contributed by atoms with van der Waals surface area (Å²) in [4.78, 5) is 33.6. The van der Waals surface area contributed by atoms with Crippen LogP contribution in [0.25, 0.3) is 16.9 Å². The van der Waals surface area contributed by atoms with Gasteiger partial charge in [-0.25, -0.2) is 9.78 Å². The molecule has 0 spiro atoms. The molecule has 0 atom stereocenters. The van der Waals surface area contributed by atoms with Crippen molar-refractivity contribution < 1.29 is 27.8 Å². The Morgan fingerprint density at radius 2 is 2.00 bits per heavy atom. The summed E-state index contributed by atoms with van der Waals surface area (Å²) in [6, 6.07) is 8.49. The van der Waals surface area contributed by atoms with E-state index in [1.807, 2.05) is 17.7 Å². The van der Waals surface area contributed by atoms with Gasteiger partial charge < -0.3 is 19.3 Å². The van der Waals surface area contributed by atoms with Gasteiger partial charge in [0.25, 0.3) is 5.56 Å². The van der Waals surface area contributed by atoms with Gasteiger partial charge in [0, 0.05) is 60.7 Å². The fourth-order valence-electron chi connectivity index (χ4n) is 4.30. The topological polar surface area (TPSA) is 102 Å². The highest BCUT2D eigenvalue weighted by atomic mass is 19.4. The predicted molar refractivity (Wildman–Crippen MR) is 122 cm³/mol. The number of nitrogens with zero attached hydrogens (tertiary/aromatic N) is 5. The van der Waals surface area contributed by atoms with E-state index in [9.17, 15) is 27.9 Å². The first-order chi connectivity index (χ1) is 17.1. The predicted octanol–water partition coefficient (Wildman–Crippen LogP) is 3.75. The molecule has 0 fully saturated rings. The number of carboxylic acid groups (broad SMARTS) is 1. The zero-order chi connectivity index (χ0) is 25.6. The third kappa shape index (κ3) is 4.25. The highest BCUT2D eigenvalue weighted by Gasteiger charge is 2.32. The smallest absolute Gasteiger partial charge is 0.433 e. The van der Waals surface area contributed by atoms with E-state index in [1.165, 1.54) is 27.8 Å². The Hall–Kier alpha value is -4.35. The van der Waals surface area contributed by atoms with Crippen LogP contribution in [0, 0.1) is 0 Å². The lowest BCUT2D eigenvalue weighted by molar-refractivity contribution is -0.141. The number of alkyl halides is 3. The van der Waals surface area contributed by atoms with Crippen molar-refractivity contribution in [2.24, 2.45) is 7.05 Å². The number of fused-ring (bicyclic) bond motifs is 3. The van der Waals surface area contributed by atoms with Gasteiger partial charge in [0.15, 0.2) is 0 Å². The van der Waals surface area contributed by atoms with E-state index in [2.05, 4.69) is 9.97 Å². The monoisotopic (exact) mass is 499 g/mol. The number of hydrogen-bond donors (Lipinski definition) is 1. The SMILES string of the molecule is Cn1c2c(c3ccc(-n4ccc(OCc5ccc(C(F)(F)F)nc5)cc4=O)nc31)CN(C(=O)O)CC2. The molecule has 4 aromatic rings. The van der Waals surface area contributed by atoms with Crippen molar-refractivity contribution in [2.45, 2.75) is 25.7 Å². The number of hydrogen-bond acceptors (Lipinski definition) is 5. The van der Waals surface area contributed by atoms with Crippen molar-refractivity contribution >= 4 is 17.1 Å². The van der Waals surface area contributed by atoms with Gasteiger partial charge in [-0.05, 0) is 24.3 Å². The summed E-state index contributed by atoms with van der Waals surface area (Å²) in [5.41, 5.74) is 1.60. The average Bonchev–Trinajstić information content (AvgIpc) is 3.13. The molecule has 0 saturated carbocycles. The number of aryl methyl sites for hydroxylation is 1. The largest absolute Gasteiger partial charge is 0.489 e. The van der Waals surface area contributed by atoms with Gasteiger partial charge in [-0.1, -0.05) is 6.07 Å². The van der Waals surface area contributed by atoms with Crippen LogP contribution < -0.4 is 10.3 Å². The van der Waals surface area contributed by atoms with Gasteiger partial charge in [-0.2, -0.15) is 13.2 Å². The third-order valence-corrected chi connectivity index (χ3v) is 6.15. The molecule has 36 heavy (non-hydrogen) atoms. The average molecular weight is 499 g/mol. The molecular weight excluding hydrogens is 479 g/mol. The van der Waals surface area contributed by atoms with Crippen LogP contribution in [0.2, 0.25) is 0 Å². The first kappa shape index (κ1) is 23.4. The molecular formula is C24H20F3N5O4. The van der Waals surface area contributed by atoms with Crippen molar-refractivity contribution in [3.05, 3.63) is 81.7 Å². The van der Waals surface area contributed by atoms with E-state index >= 15 is 0 Å². The normalized spacial score (nSPS) is 13.6. The number of ether oxygens (including phenoxy) is 1. The maximum Gasteiger partial charge on any atom is 0.433 e. The lowest BCUT2D eigenvalue weighted by Crippen LogP contribution is -2.34. The minimum absolute atomic E-state index is 0.0545. The van der Waals surface area contributed by atoms with Gasteiger partial charge in [0.05, 0.1) is 6.54 Å². The van der Waals surface area contributed by atoms with E-state index in [4.69, 9.17) is 4.74 Å². The van der Waals surface area contributed by atoms with E-state index in [-0.39, 0.29) is 18.9 Å². The summed E-state index contributed by atoms with van der Waals surface area (Å²) in [7, 11) is 1.87. The molecule has 0 aromatic carbocycles. The molecule has 1 amide bonds. The zero-order valence-corrected chi connectivity index (χ0v) is 19.0. The first-order valence-electron chi connectivity index (χ1n) is 10.9. The fraction of sp³-hybridized carbons (Fsp3) is 0.250. The van der Waals surface area contributed by atoms with Gasteiger partial charge >= 0.3 is 12.3 Å². The van der Waals surface area contributed by atoms with E-state index in [0.717, 1.165) is 28.9 Å². The van der Waals surface area contributed by atoms with Crippen LogP contribution in [0.15, 0.2) is 53.6 Å². The molecule has 0 bridgehead atoms. The van der Waals surface area contributed by atoms with Crippen LogP contribution in [0.4, 0.5) is 18.0 Å². The first-order valence-corrected chi connectivity index (χ1v) is 10.9. The van der Waals surface area contributed by atoms with Crippen LogP contribution in [-0.4, -0.2) is 41.7 Å². The zero-order valence-electron chi connectivity index (χ0n) is 19.0. The summed E-state index contributed by atoms with van der Waals surface area (Å²) in [5.74, 6) is 0.638. The fourth-order valence-corrected chi connectivity index (χ4v) is 4.30. The Morgan fingerprint density at radius 1 is 1.19 bits per heavy atom. The molecule has 1 aliphatic heterocycles. The number of rotatable bonds is 4. The van der Waals surface area contributed by atoms with Crippen molar-refractivity contribution in [2.75, 3.05) is 6.54 Å². The van der Waals surface area contributed by atoms with E-state index in [1.54, 1.807) is 12.1 Å². The molecule has 9 nitrogen and oxygen atoms in total. The quantitative estimate of drug-likeness (QED) is 0.459. The molecule has 0 aliphatic carbocycles. The number of amides is 1. The van der Waals surface area contributed by atoms with Gasteiger partial charge in [0.1, 0.15) is 29.5 Å². The molecule has 5 heterocycles. The number of aromatic nitrogens is 4. The highest BCUT2D eigenvalue weighted by Crippen LogP contribution is 2.30. The Bertz CT molecular complexity index is 1530. The van der Waals surface area contributed by atoms with Crippen LogP contribution >= 0.6 is 0 Å². The second-order valence-electron chi connectivity index (χ2n) is 8.39. The van der Waals surface area contributed by atoms with Crippen LogP contribution in [0.1, 0.15) is 22.5 Å². The molecule has 0 saturated heterocycles. The second kappa shape index (κ2) is 8.70. The summed E-state index contributed by atoms with van der Waals surface area (Å²) >= 11 is 0. The Labute approximate surface area is 202 Å². The maximum absolute atomic E-state index is 12.8. The van der Waals surface area contributed by atoms with Gasteiger partial charge in [-0.3, -0.25) is 14.3 Å². The molecule has 186 valence electrons. The standard InChI is InChI=1S/C24H20F3N5O4/c1-30-18-7-8-31(23(34)35)12-17(18)16-3-5-20(29-22(16)30)32-9-6-15(10-21(32)33)36-13-14-2-4-19(28-11-14)24(25,26)27/h2-6,9-11H,7-8,12-13H2,1H3,(H,34,35).